The quantitative estimate of drug-likeness (QED) is 0.410. The minimum absolute atomic E-state index is 0.000443. The summed E-state index contributed by atoms with van der Waals surface area (Å²) in [5.41, 5.74) is 0.303. The minimum atomic E-state index is -0.839. The number of nitrogens with zero attached hydrogens (tertiary/aromatic N) is 2. The van der Waals surface area contributed by atoms with Gasteiger partial charge in [-0.3, -0.25) is 4.79 Å². The summed E-state index contributed by atoms with van der Waals surface area (Å²) in [5, 5.41) is 4.53. The summed E-state index contributed by atoms with van der Waals surface area (Å²) in [6.07, 6.45) is 0. The average Bonchev–Trinajstić information content (AvgIpc) is 3.12. The molecule has 31 heavy (non-hydrogen) atoms. The second-order valence-corrected chi connectivity index (χ2v) is 6.97. The van der Waals surface area contributed by atoms with Gasteiger partial charge >= 0.3 is 17.9 Å². The van der Waals surface area contributed by atoms with Gasteiger partial charge in [0.05, 0.1) is 30.0 Å². The number of aromatic nitrogens is 2. The molecule has 0 N–H and O–H groups in total. The maximum Gasteiger partial charge on any atom is 0.357 e. The van der Waals surface area contributed by atoms with Gasteiger partial charge in [-0.2, -0.15) is 5.10 Å². The van der Waals surface area contributed by atoms with E-state index in [1.165, 1.54) is 38.0 Å². The Hall–Kier alpha value is -3.36. The van der Waals surface area contributed by atoms with Crippen molar-refractivity contribution in [2.75, 3.05) is 14.2 Å². The van der Waals surface area contributed by atoms with Crippen LogP contribution in [0.2, 0.25) is 10.0 Å². The van der Waals surface area contributed by atoms with Crippen molar-refractivity contribution in [1.29, 1.82) is 0 Å². The first-order valence-electron chi connectivity index (χ1n) is 8.81. The van der Waals surface area contributed by atoms with E-state index in [4.69, 9.17) is 37.4 Å². The monoisotopic (exact) mass is 462 g/mol. The maximum atomic E-state index is 12.7. The van der Waals surface area contributed by atoms with Gasteiger partial charge in [-0.1, -0.05) is 41.4 Å². The fourth-order valence-corrected chi connectivity index (χ4v) is 3.58. The molecule has 0 atom stereocenters. The molecule has 2 aromatic carbocycles. The molecule has 1 heterocycles. The number of halogens is 2. The van der Waals surface area contributed by atoms with Gasteiger partial charge in [0, 0.05) is 24.6 Å². The molecule has 0 aliphatic carbocycles. The molecule has 0 aliphatic heterocycles. The Morgan fingerprint density at radius 1 is 0.935 bits per heavy atom. The van der Waals surface area contributed by atoms with Crippen LogP contribution in [-0.2, 0) is 14.3 Å². The molecule has 0 amide bonds. The van der Waals surface area contributed by atoms with E-state index in [2.05, 4.69) is 5.10 Å². The number of hydrogen-bond acceptors (Lipinski definition) is 7. The Bertz CT molecular complexity index is 1150. The third kappa shape index (κ3) is 4.40. The first kappa shape index (κ1) is 22.3. The molecule has 0 saturated carbocycles. The predicted octanol–water partition coefficient (Wildman–Crippen LogP) is 4.34. The van der Waals surface area contributed by atoms with Crippen LogP contribution >= 0.6 is 23.2 Å². The van der Waals surface area contributed by atoms with Crippen molar-refractivity contribution in [1.82, 2.24) is 9.78 Å². The van der Waals surface area contributed by atoms with Gasteiger partial charge < -0.3 is 14.2 Å². The molecule has 0 aliphatic rings. The lowest BCUT2D eigenvalue weighted by Gasteiger charge is -2.09. The Balaban J connectivity index is 2.35. The number of hydrogen-bond donors (Lipinski definition) is 0. The molecule has 0 saturated heterocycles. The molecule has 1 aromatic heterocycles. The molecule has 0 spiro atoms. The highest BCUT2D eigenvalue weighted by atomic mass is 35.5. The van der Waals surface area contributed by atoms with Crippen molar-refractivity contribution in [3.63, 3.8) is 0 Å². The van der Waals surface area contributed by atoms with Gasteiger partial charge in [-0.25, -0.2) is 14.3 Å². The SMILES string of the molecule is COC(=O)c1c(-c2c(Cl)cc(OC(C)=O)cc2Cl)nn(-c2ccccc2)c1C(=O)OC. The number of esters is 3. The average molecular weight is 463 g/mol. The number of para-hydroxylation sites is 1. The second-order valence-electron chi connectivity index (χ2n) is 6.16. The van der Waals surface area contributed by atoms with Crippen LogP contribution in [0.5, 0.6) is 5.75 Å². The largest absolute Gasteiger partial charge is 0.465 e. The zero-order chi connectivity index (χ0) is 22.7. The molecule has 160 valence electrons. The number of rotatable bonds is 5. The number of methoxy groups -OCH3 is 2. The van der Waals surface area contributed by atoms with E-state index >= 15 is 0 Å². The third-order valence-electron chi connectivity index (χ3n) is 4.17. The van der Waals surface area contributed by atoms with Crippen molar-refractivity contribution in [2.24, 2.45) is 0 Å². The molecule has 0 unspecified atom stereocenters. The van der Waals surface area contributed by atoms with Crippen molar-refractivity contribution >= 4 is 41.1 Å². The van der Waals surface area contributed by atoms with E-state index in [1.807, 2.05) is 0 Å². The van der Waals surface area contributed by atoms with E-state index < -0.39 is 17.9 Å². The highest BCUT2D eigenvalue weighted by molar-refractivity contribution is 6.39. The van der Waals surface area contributed by atoms with Crippen LogP contribution in [-0.4, -0.2) is 41.9 Å². The first-order chi connectivity index (χ1) is 14.8. The van der Waals surface area contributed by atoms with Crippen LogP contribution in [0, 0.1) is 0 Å². The van der Waals surface area contributed by atoms with Gasteiger partial charge in [0.25, 0.3) is 0 Å². The molecular weight excluding hydrogens is 447 g/mol. The fraction of sp³-hybridized carbons (Fsp3) is 0.143. The summed E-state index contributed by atoms with van der Waals surface area (Å²) in [6.45, 7) is 1.23. The Morgan fingerprint density at radius 3 is 2.03 bits per heavy atom. The standard InChI is InChI=1S/C21H16Cl2N2O6/c1-11(26)31-13-9-14(22)16(15(23)10-13)18-17(20(27)29-2)19(21(28)30-3)25(24-18)12-7-5-4-6-8-12/h4-10H,1-3H3. The van der Waals surface area contributed by atoms with Crippen molar-refractivity contribution in [3.8, 4) is 22.7 Å². The smallest absolute Gasteiger partial charge is 0.357 e. The summed E-state index contributed by atoms with van der Waals surface area (Å²) in [5.74, 6) is -2.10. The summed E-state index contributed by atoms with van der Waals surface area (Å²) >= 11 is 12.8. The zero-order valence-corrected chi connectivity index (χ0v) is 18.2. The van der Waals surface area contributed by atoms with Gasteiger partial charge in [0.2, 0.25) is 0 Å². The van der Waals surface area contributed by atoms with Gasteiger partial charge in [0.1, 0.15) is 17.0 Å². The van der Waals surface area contributed by atoms with E-state index in [0.29, 0.717) is 5.69 Å². The molecule has 8 nitrogen and oxygen atoms in total. The van der Waals surface area contributed by atoms with E-state index in [1.54, 1.807) is 30.3 Å². The number of carbonyl (C=O) groups is 3. The normalized spacial score (nSPS) is 10.5. The molecule has 3 rings (SSSR count). The number of benzene rings is 2. The molecule has 0 radical (unpaired) electrons. The van der Waals surface area contributed by atoms with Gasteiger partial charge in [0.15, 0.2) is 5.69 Å². The van der Waals surface area contributed by atoms with E-state index in [0.717, 1.165) is 0 Å². The topological polar surface area (TPSA) is 96.7 Å². The van der Waals surface area contributed by atoms with Crippen LogP contribution in [0.3, 0.4) is 0 Å². The van der Waals surface area contributed by atoms with Crippen molar-refractivity contribution < 1.29 is 28.6 Å². The van der Waals surface area contributed by atoms with Crippen LogP contribution in [0.25, 0.3) is 16.9 Å². The van der Waals surface area contributed by atoms with Crippen LogP contribution < -0.4 is 4.74 Å². The lowest BCUT2D eigenvalue weighted by Crippen LogP contribution is -2.15. The van der Waals surface area contributed by atoms with Crippen LogP contribution in [0.4, 0.5) is 0 Å². The number of carbonyl (C=O) groups excluding carboxylic acids is 3. The third-order valence-corrected chi connectivity index (χ3v) is 4.76. The molecule has 3 aromatic rings. The highest BCUT2D eigenvalue weighted by Gasteiger charge is 2.33. The summed E-state index contributed by atoms with van der Waals surface area (Å²) < 4.78 is 16.0. The second kappa shape index (κ2) is 9.20. The van der Waals surface area contributed by atoms with E-state index in [9.17, 15) is 14.4 Å². The lowest BCUT2D eigenvalue weighted by atomic mass is 10.0. The minimum Gasteiger partial charge on any atom is -0.465 e. The highest BCUT2D eigenvalue weighted by Crippen LogP contribution is 2.40. The lowest BCUT2D eigenvalue weighted by molar-refractivity contribution is -0.131. The molecule has 0 bridgehead atoms. The van der Waals surface area contributed by atoms with Crippen molar-refractivity contribution in [3.05, 3.63) is 63.8 Å². The van der Waals surface area contributed by atoms with Crippen molar-refractivity contribution in [2.45, 2.75) is 6.92 Å². The fourth-order valence-electron chi connectivity index (χ4n) is 2.93. The first-order valence-corrected chi connectivity index (χ1v) is 9.57. The Kier molecular flexibility index (Phi) is 6.62. The number of ether oxygens (including phenoxy) is 3. The van der Waals surface area contributed by atoms with E-state index in [-0.39, 0.29) is 38.3 Å². The Morgan fingerprint density at radius 2 is 1.52 bits per heavy atom. The molecule has 10 heteroatoms. The maximum absolute atomic E-state index is 12.7. The summed E-state index contributed by atoms with van der Waals surface area (Å²) in [6, 6.07) is 11.4. The van der Waals surface area contributed by atoms with Crippen LogP contribution in [0.1, 0.15) is 27.8 Å². The molecule has 0 fully saturated rings. The summed E-state index contributed by atoms with van der Waals surface area (Å²) in [7, 11) is 2.35. The summed E-state index contributed by atoms with van der Waals surface area (Å²) in [4.78, 5) is 36.6. The van der Waals surface area contributed by atoms with Gasteiger partial charge in [-0.15, -0.1) is 0 Å². The predicted molar refractivity (Wildman–Crippen MR) is 113 cm³/mol. The van der Waals surface area contributed by atoms with Gasteiger partial charge in [-0.05, 0) is 12.1 Å². The molecular formula is C21H16Cl2N2O6. The zero-order valence-electron chi connectivity index (χ0n) is 16.6. The Labute approximate surface area is 187 Å². The van der Waals surface area contributed by atoms with Crippen LogP contribution in [0.15, 0.2) is 42.5 Å².